The van der Waals surface area contributed by atoms with Gasteiger partial charge in [0.25, 0.3) is 0 Å². The third-order valence-electron chi connectivity index (χ3n) is 9.91. The second-order valence-electron chi connectivity index (χ2n) is 12.5. The van der Waals surface area contributed by atoms with Gasteiger partial charge in [0.15, 0.2) is 0 Å². The normalized spacial score (nSPS) is 26.8. The first-order valence-electron chi connectivity index (χ1n) is 15.3. The molecule has 4 nitrogen and oxygen atoms in total. The Balaban J connectivity index is 1.31. The number of fused-ring (bicyclic) bond motifs is 6. The number of hydrogen-bond donors (Lipinski definition) is 0. The number of allylic oxidation sites excluding steroid dienone is 4. The molecule has 4 aromatic rings. The van der Waals surface area contributed by atoms with E-state index in [0.29, 0.717) is 12.0 Å². The van der Waals surface area contributed by atoms with E-state index in [9.17, 15) is 10.5 Å². The molecule has 0 saturated carbocycles. The molecule has 4 aliphatic rings. The monoisotopic (exact) mass is 556 g/mol. The van der Waals surface area contributed by atoms with Crippen LogP contribution in [-0.2, 0) is 6.42 Å². The standard InChI is InChI=1S/C39H32N4/c1-39(25-41)22-27(24-40)38(43-36-19-8-4-15-31(36)32-16-5-9-20-37(32)43)33(23-39)26-11-10-12-28(21-26)42-34-17-6-2-13-29(34)30-14-3-7-18-35(30)42/h2-6,8-17,19-22,31,33,36,38H,7,18,23H2,1H3. The van der Waals surface area contributed by atoms with Crippen molar-refractivity contribution in [3.63, 3.8) is 0 Å². The highest BCUT2D eigenvalue weighted by Gasteiger charge is 2.48. The van der Waals surface area contributed by atoms with Crippen molar-refractivity contribution in [3.8, 4) is 17.8 Å². The van der Waals surface area contributed by atoms with Crippen molar-refractivity contribution in [3.05, 3.63) is 137 Å². The van der Waals surface area contributed by atoms with Crippen LogP contribution < -0.4 is 4.90 Å². The molecule has 0 saturated heterocycles. The van der Waals surface area contributed by atoms with Gasteiger partial charge in [-0.05, 0) is 67.7 Å². The summed E-state index contributed by atoms with van der Waals surface area (Å²) in [6.07, 6.45) is 18.0. The Hall–Kier alpha value is -5.06. The Labute approximate surface area is 252 Å². The second kappa shape index (κ2) is 9.75. The lowest BCUT2D eigenvalue weighted by atomic mass is 9.68. The zero-order valence-electron chi connectivity index (χ0n) is 24.2. The van der Waals surface area contributed by atoms with Crippen molar-refractivity contribution in [1.29, 1.82) is 10.5 Å². The quantitative estimate of drug-likeness (QED) is 0.254. The molecule has 0 radical (unpaired) electrons. The number of hydrogen-bond acceptors (Lipinski definition) is 3. The maximum absolute atomic E-state index is 10.6. The molecular weight excluding hydrogens is 524 g/mol. The van der Waals surface area contributed by atoms with Gasteiger partial charge in [0.1, 0.15) is 0 Å². The smallest absolute Gasteiger partial charge is 0.0966 e. The SMILES string of the molecule is CC1(C#N)C=C(C#N)C(N2c3ccccc3C3C=CC=CC32)C(c2cccc(-n3c4c(c5ccccc53)C=CCC4)c2)C1. The van der Waals surface area contributed by atoms with E-state index in [0.717, 1.165) is 18.5 Å². The van der Waals surface area contributed by atoms with E-state index in [4.69, 9.17) is 0 Å². The Morgan fingerprint density at radius 3 is 2.65 bits per heavy atom. The van der Waals surface area contributed by atoms with Gasteiger partial charge in [0.05, 0.1) is 40.7 Å². The molecule has 4 heteroatoms. The zero-order chi connectivity index (χ0) is 29.1. The van der Waals surface area contributed by atoms with Gasteiger partial charge in [-0.1, -0.05) is 85.0 Å². The van der Waals surface area contributed by atoms with Gasteiger partial charge in [-0.25, -0.2) is 0 Å². The highest BCUT2D eigenvalue weighted by atomic mass is 15.2. The van der Waals surface area contributed by atoms with Crippen LogP contribution in [0.1, 0.15) is 54.0 Å². The second-order valence-corrected chi connectivity index (χ2v) is 12.5. The highest BCUT2D eigenvalue weighted by molar-refractivity contribution is 5.93. The maximum Gasteiger partial charge on any atom is 0.0966 e. The van der Waals surface area contributed by atoms with Crippen LogP contribution in [0, 0.1) is 28.1 Å². The van der Waals surface area contributed by atoms with E-state index in [1.165, 1.54) is 39.0 Å². The minimum atomic E-state index is -0.729. The predicted octanol–water partition coefficient (Wildman–Crippen LogP) is 8.52. The topological polar surface area (TPSA) is 55.8 Å². The molecule has 43 heavy (non-hydrogen) atoms. The fourth-order valence-corrected chi connectivity index (χ4v) is 8.10. The Morgan fingerprint density at radius 2 is 1.77 bits per heavy atom. The maximum atomic E-state index is 10.6. The molecule has 8 rings (SSSR count). The molecule has 0 bridgehead atoms. The lowest BCUT2D eigenvalue weighted by molar-refractivity contribution is 0.373. The van der Waals surface area contributed by atoms with Gasteiger partial charge in [-0.2, -0.15) is 10.5 Å². The molecular formula is C39H32N4. The molecule has 1 aromatic heterocycles. The van der Waals surface area contributed by atoms with Crippen LogP contribution in [0.4, 0.5) is 5.69 Å². The van der Waals surface area contributed by atoms with E-state index in [2.05, 4.69) is 131 Å². The fraction of sp³-hybridized carbons (Fsp3) is 0.231. The van der Waals surface area contributed by atoms with Gasteiger partial charge in [-0.15, -0.1) is 0 Å². The number of nitriles is 2. The molecule has 208 valence electrons. The molecule has 5 unspecified atom stereocenters. The van der Waals surface area contributed by atoms with E-state index in [1.54, 1.807) is 0 Å². The summed E-state index contributed by atoms with van der Waals surface area (Å²) < 4.78 is 2.43. The third-order valence-corrected chi connectivity index (χ3v) is 9.91. The Bertz CT molecular complexity index is 1990. The molecule has 5 atom stereocenters. The van der Waals surface area contributed by atoms with Crippen molar-refractivity contribution >= 4 is 22.7 Å². The van der Waals surface area contributed by atoms with Gasteiger partial charge < -0.3 is 9.47 Å². The Kier molecular flexibility index (Phi) is 5.82. The first-order chi connectivity index (χ1) is 21.1. The van der Waals surface area contributed by atoms with Crippen molar-refractivity contribution < 1.29 is 0 Å². The average molecular weight is 557 g/mol. The number of rotatable bonds is 3. The zero-order valence-corrected chi connectivity index (χ0v) is 24.2. The van der Waals surface area contributed by atoms with Crippen LogP contribution in [0.5, 0.6) is 0 Å². The first-order valence-corrected chi connectivity index (χ1v) is 15.3. The largest absolute Gasteiger partial charge is 0.356 e. The molecule has 1 aliphatic heterocycles. The lowest BCUT2D eigenvalue weighted by Crippen LogP contribution is -2.48. The number of para-hydroxylation sites is 2. The highest BCUT2D eigenvalue weighted by Crippen LogP contribution is 2.52. The first kappa shape index (κ1) is 25.6. The van der Waals surface area contributed by atoms with E-state index >= 15 is 0 Å². The summed E-state index contributed by atoms with van der Waals surface area (Å²) >= 11 is 0. The molecule has 0 spiro atoms. The van der Waals surface area contributed by atoms with Crippen molar-refractivity contribution in [2.24, 2.45) is 5.41 Å². The van der Waals surface area contributed by atoms with Crippen LogP contribution in [0.3, 0.4) is 0 Å². The van der Waals surface area contributed by atoms with Crippen molar-refractivity contribution in [2.75, 3.05) is 4.90 Å². The predicted molar refractivity (Wildman–Crippen MR) is 173 cm³/mol. The summed E-state index contributed by atoms with van der Waals surface area (Å²) in [5.74, 6) is 0.191. The van der Waals surface area contributed by atoms with Gasteiger partial charge in [0, 0.05) is 39.9 Å². The van der Waals surface area contributed by atoms with Crippen molar-refractivity contribution in [2.45, 2.75) is 50.1 Å². The van der Waals surface area contributed by atoms with Crippen molar-refractivity contribution in [1.82, 2.24) is 4.57 Å². The molecule has 2 heterocycles. The summed E-state index contributed by atoms with van der Waals surface area (Å²) in [6, 6.07) is 31.2. The minimum Gasteiger partial charge on any atom is -0.356 e. The molecule has 3 aromatic carbocycles. The summed E-state index contributed by atoms with van der Waals surface area (Å²) in [5.41, 5.74) is 8.60. The average Bonchev–Trinajstić information content (AvgIpc) is 3.57. The van der Waals surface area contributed by atoms with Crippen LogP contribution in [-0.4, -0.2) is 16.7 Å². The lowest BCUT2D eigenvalue weighted by Gasteiger charge is -2.45. The van der Waals surface area contributed by atoms with E-state index in [-0.39, 0.29) is 23.9 Å². The molecule has 0 N–H and O–H groups in total. The van der Waals surface area contributed by atoms with Gasteiger partial charge >= 0.3 is 0 Å². The van der Waals surface area contributed by atoms with Gasteiger partial charge in [0.2, 0.25) is 0 Å². The summed E-state index contributed by atoms with van der Waals surface area (Å²) in [5, 5.41) is 22.2. The number of anilines is 1. The minimum absolute atomic E-state index is 0.0482. The summed E-state index contributed by atoms with van der Waals surface area (Å²) in [4.78, 5) is 2.47. The molecule has 0 amide bonds. The van der Waals surface area contributed by atoms with Gasteiger partial charge in [-0.3, -0.25) is 0 Å². The summed E-state index contributed by atoms with van der Waals surface area (Å²) in [7, 11) is 0. The van der Waals surface area contributed by atoms with Crippen LogP contribution in [0.2, 0.25) is 0 Å². The molecule has 3 aliphatic carbocycles. The van der Waals surface area contributed by atoms with Crippen LogP contribution in [0.25, 0.3) is 22.7 Å². The fourth-order valence-electron chi connectivity index (χ4n) is 8.10. The number of benzene rings is 3. The van der Waals surface area contributed by atoms with Crippen LogP contribution in [0.15, 0.2) is 115 Å². The van der Waals surface area contributed by atoms with Crippen LogP contribution >= 0.6 is 0 Å². The third kappa shape index (κ3) is 3.87. The number of nitrogens with zero attached hydrogens (tertiary/aromatic N) is 4. The van der Waals surface area contributed by atoms with E-state index < -0.39 is 5.41 Å². The summed E-state index contributed by atoms with van der Waals surface area (Å²) in [6.45, 7) is 1.98. The Morgan fingerprint density at radius 1 is 0.930 bits per heavy atom. The number of aromatic nitrogens is 1. The molecule has 0 fully saturated rings. The van der Waals surface area contributed by atoms with E-state index in [1.807, 2.05) is 13.0 Å².